The second-order valence-corrected chi connectivity index (χ2v) is 5.12. The minimum atomic E-state index is -0.232. The summed E-state index contributed by atoms with van der Waals surface area (Å²) in [5.41, 5.74) is 6.92. The Morgan fingerprint density at radius 1 is 1.44 bits per heavy atom. The lowest BCUT2D eigenvalue weighted by Crippen LogP contribution is -2.45. The predicted octanol–water partition coefficient (Wildman–Crippen LogP) is 2.05. The predicted molar refractivity (Wildman–Crippen MR) is 70.0 cm³/mol. The Morgan fingerprint density at radius 2 is 2.22 bits per heavy atom. The third-order valence-corrected chi connectivity index (χ3v) is 3.91. The van der Waals surface area contributed by atoms with Crippen LogP contribution in [-0.2, 0) is 6.54 Å². The Labute approximate surface area is 108 Å². The van der Waals surface area contributed by atoms with Crippen LogP contribution in [0.4, 0.5) is 4.39 Å². The molecule has 0 heterocycles. The topological polar surface area (TPSA) is 47.3 Å². The normalized spacial score (nSPS) is 17.3. The van der Waals surface area contributed by atoms with E-state index in [0.29, 0.717) is 6.54 Å². The summed E-state index contributed by atoms with van der Waals surface area (Å²) in [6, 6.07) is 4.59. The van der Waals surface area contributed by atoms with Crippen molar-refractivity contribution in [3.63, 3.8) is 0 Å². The van der Waals surface area contributed by atoms with Gasteiger partial charge in [0.1, 0.15) is 11.6 Å². The summed E-state index contributed by atoms with van der Waals surface area (Å²) in [6.07, 6.45) is 3.65. The summed E-state index contributed by atoms with van der Waals surface area (Å²) >= 11 is 0. The van der Waals surface area contributed by atoms with Crippen molar-refractivity contribution in [2.75, 3.05) is 20.2 Å². The molecule has 0 aliphatic heterocycles. The van der Waals surface area contributed by atoms with Gasteiger partial charge in [0.2, 0.25) is 0 Å². The van der Waals surface area contributed by atoms with Crippen LogP contribution in [0.2, 0.25) is 0 Å². The molecule has 3 nitrogen and oxygen atoms in total. The van der Waals surface area contributed by atoms with Crippen LogP contribution in [0.25, 0.3) is 0 Å². The zero-order valence-electron chi connectivity index (χ0n) is 10.8. The summed E-state index contributed by atoms with van der Waals surface area (Å²) in [4.78, 5) is 0. The fourth-order valence-electron chi connectivity index (χ4n) is 2.48. The maximum absolute atomic E-state index is 13.2. The summed E-state index contributed by atoms with van der Waals surface area (Å²) in [5.74, 6) is 0.490. The molecule has 1 aliphatic rings. The van der Waals surface area contributed by atoms with Crippen LogP contribution in [0.15, 0.2) is 18.2 Å². The van der Waals surface area contributed by atoms with E-state index >= 15 is 0 Å². The number of halogens is 1. The number of hydrogen-bond donors (Lipinski definition) is 2. The molecule has 0 saturated heterocycles. The summed E-state index contributed by atoms with van der Waals surface area (Å²) in [5, 5.41) is 3.37. The summed E-state index contributed by atoms with van der Waals surface area (Å²) in [7, 11) is 1.60. The lowest BCUT2D eigenvalue weighted by Gasteiger charge is -2.41. The first kappa shape index (κ1) is 13.3. The van der Waals surface area contributed by atoms with Gasteiger partial charge in [-0.3, -0.25) is 0 Å². The van der Waals surface area contributed by atoms with Crippen molar-refractivity contribution in [1.82, 2.24) is 5.32 Å². The van der Waals surface area contributed by atoms with Crippen LogP contribution < -0.4 is 15.8 Å². The first-order valence-electron chi connectivity index (χ1n) is 6.42. The van der Waals surface area contributed by atoms with E-state index in [1.807, 2.05) is 0 Å². The molecule has 1 aliphatic carbocycles. The minimum absolute atomic E-state index is 0.232. The molecule has 1 aromatic rings. The van der Waals surface area contributed by atoms with Crippen LogP contribution in [0.3, 0.4) is 0 Å². The van der Waals surface area contributed by atoms with Gasteiger partial charge in [0.25, 0.3) is 0 Å². The van der Waals surface area contributed by atoms with Crippen LogP contribution in [0.1, 0.15) is 24.8 Å². The fourth-order valence-corrected chi connectivity index (χ4v) is 2.48. The van der Waals surface area contributed by atoms with Gasteiger partial charge >= 0.3 is 0 Å². The molecule has 0 bridgehead atoms. The van der Waals surface area contributed by atoms with Crippen molar-refractivity contribution in [3.05, 3.63) is 29.6 Å². The highest BCUT2D eigenvalue weighted by atomic mass is 19.1. The van der Waals surface area contributed by atoms with Crippen molar-refractivity contribution in [2.45, 2.75) is 25.8 Å². The van der Waals surface area contributed by atoms with Crippen LogP contribution in [0.5, 0.6) is 5.75 Å². The summed E-state index contributed by atoms with van der Waals surface area (Å²) < 4.78 is 18.4. The van der Waals surface area contributed by atoms with Gasteiger partial charge in [-0.25, -0.2) is 4.39 Å². The molecule has 4 heteroatoms. The maximum atomic E-state index is 13.2. The third kappa shape index (κ3) is 2.82. The van der Waals surface area contributed by atoms with Gasteiger partial charge in [0.05, 0.1) is 7.11 Å². The summed E-state index contributed by atoms with van der Waals surface area (Å²) in [6.45, 7) is 2.23. The van der Waals surface area contributed by atoms with Gasteiger partial charge < -0.3 is 15.8 Å². The lowest BCUT2D eigenvalue weighted by molar-refractivity contribution is 0.140. The maximum Gasteiger partial charge on any atom is 0.123 e. The molecule has 1 saturated carbocycles. The smallest absolute Gasteiger partial charge is 0.123 e. The first-order valence-corrected chi connectivity index (χ1v) is 6.42. The van der Waals surface area contributed by atoms with Gasteiger partial charge in [-0.15, -0.1) is 0 Å². The molecule has 18 heavy (non-hydrogen) atoms. The standard InChI is InChI=1S/C14H21FN2O/c1-18-13-4-3-12(15)7-11(13)8-17-10-14(9-16)5-2-6-14/h3-4,7,17H,2,5-6,8-10,16H2,1H3. The molecule has 0 atom stereocenters. The zero-order chi connectivity index (χ0) is 13.0. The average Bonchev–Trinajstić information content (AvgIpc) is 2.33. The monoisotopic (exact) mass is 252 g/mol. The van der Waals surface area contributed by atoms with Gasteiger partial charge in [-0.1, -0.05) is 6.42 Å². The molecule has 0 radical (unpaired) electrons. The molecule has 3 N–H and O–H groups in total. The molecule has 100 valence electrons. The number of methoxy groups -OCH3 is 1. The van der Waals surface area contributed by atoms with Crippen LogP contribution in [-0.4, -0.2) is 20.2 Å². The number of benzene rings is 1. The van der Waals surface area contributed by atoms with Crippen molar-refractivity contribution in [3.8, 4) is 5.75 Å². The molecule has 0 unspecified atom stereocenters. The Hall–Kier alpha value is -1.13. The van der Waals surface area contributed by atoms with Crippen LogP contribution in [0, 0.1) is 11.2 Å². The van der Waals surface area contributed by atoms with Gasteiger partial charge in [0, 0.05) is 18.7 Å². The molecule has 0 amide bonds. The van der Waals surface area contributed by atoms with E-state index in [4.69, 9.17) is 10.5 Å². The second-order valence-electron chi connectivity index (χ2n) is 5.12. The Kier molecular flexibility index (Phi) is 4.19. The molecule has 0 aromatic heterocycles. The third-order valence-electron chi connectivity index (χ3n) is 3.91. The number of nitrogens with two attached hydrogens (primary N) is 1. The van der Waals surface area contributed by atoms with E-state index in [-0.39, 0.29) is 11.2 Å². The second kappa shape index (κ2) is 5.67. The molecule has 2 rings (SSSR count). The van der Waals surface area contributed by atoms with E-state index < -0.39 is 0 Å². The van der Waals surface area contributed by atoms with E-state index in [9.17, 15) is 4.39 Å². The Bertz CT molecular complexity index is 399. The number of nitrogens with one attached hydrogen (secondary N) is 1. The van der Waals surface area contributed by atoms with E-state index in [1.165, 1.54) is 31.4 Å². The van der Waals surface area contributed by atoms with E-state index in [2.05, 4.69) is 5.32 Å². The van der Waals surface area contributed by atoms with Gasteiger partial charge in [-0.2, -0.15) is 0 Å². The Morgan fingerprint density at radius 3 is 2.78 bits per heavy atom. The molecular weight excluding hydrogens is 231 g/mol. The first-order chi connectivity index (χ1) is 8.69. The highest BCUT2D eigenvalue weighted by molar-refractivity contribution is 5.33. The lowest BCUT2D eigenvalue weighted by atomic mass is 9.69. The van der Waals surface area contributed by atoms with Crippen molar-refractivity contribution >= 4 is 0 Å². The van der Waals surface area contributed by atoms with E-state index in [1.54, 1.807) is 13.2 Å². The number of hydrogen-bond acceptors (Lipinski definition) is 3. The van der Waals surface area contributed by atoms with Crippen molar-refractivity contribution in [2.24, 2.45) is 11.1 Å². The minimum Gasteiger partial charge on any atom is -0.496 e. The number of rotatable bonds is 6. The largest absolute Gasteiger partial charge is 0.496 e. The Balaban J connectivity index is 1.91. The highest BCUT2D eigenvalue weighted by Gasteiger charge is 2.34. The molecule has 0 spiro atoms. The average molecular weight is 252 g/mol. The van der Waals surface area contributed by atoms with Crippen molar-refractivity contribution < 1.29 is 9.13 Å². The molecular formula is C14H21FN2O. The quantitative estimate of drug-likeness (QED) is 0.814. The van der Waals surface area contributed by atoms with Gasteiger partial charge in [-0.05, 0) is 43.0 Å². The van der Waals surface area contributed by atoms with Crippen molar-refractivity contribution in [1.29, 1.82) is 0 Å². The molecule has 1 aromatic carbocycles. The van der Waals surface area contributed by atoms with Crippen LogP contribution >= 0.6 is 0 Å². The zero-order valence-corrected chi connectivity index (χ0v) is 10.8. The SMILES string of the molecule is COc1ccc(F)cc1CNCC1(CN)CCC1. The fraction of sp³-hybridized carbons (Fsp3) is 0.571. The van der Waals surface area contributed by atoms with Gasteiger partial charge in [0.15, 0.2) is 0 Å². The highest BCUT2D eigenvalue weighted by Crippen LogP contribution is 2.39. The van der Waals surface area contributed by atoms with E-state index in [0.717, 1.165) is 24.4 Å². The molecule has 1 fully saturated rings. The number of ether oxygens (including phenoxy) is 1.